The molecule has 168 valence electrons. The quantitative estimate of drug-likeness (QED) is 0.414. The Kier molecular flexibility index (Phi) is 5.04. The average molecular weight is 449 g/mol. The van der Waals surface area contributed by atoms with Crippen molar-refractivity contribution >= 4 is 22.3 Å². The topological polar surface area (TPSA) is 102 Å². The van der Waals surface area contributed by atoms with E-state index in [-0.39, 0.29) is 12.1 Å². The molecule has 0 saturated heterocycles. The Morgan fingerprint density at radius 1 is 0.941 bits per heavy atom. The number of allylic oxidation sites excluding steroid dienone is 2. The van der Waals surface area contributed by atoms with Gasteiger partial charge in [-0.25, -0.2) is 4.98 Å². The summed E-state index contributed by atoms with van der Waals surface area (Å²) in [5.74, 6) is 0. The van der Waals surface area contributed by atoms with Crippen molar-refractivity contribution in [1.82, 2.24) is 24.6 Å². The molecule has 0 fully saturated rings. The highest BCUT2D eigenvalue weighted by Crippen LogP contribution is 2.36. The molecule has 6 rings (SSSR count). The van der Waals surface area contributed by atoms with Gasteiger partial charge in [0.2, 0.25) is 0 Å². The van der Waals surface area contributed by atoms with Gasteiger partial charge in [0.05, 0.1) is 28.0 Å². The van der Waals surface area contributed by atoms with Crippen LogP contribution in [0.4, 0.5) is 0 Å². The van der Waals surface area contributed by atoms with Gasteiger partial charge in [0, 0.05) is 30.1 Å². The van der Waals surface area contributed by atoms with E-state index in [0.29, 0.717) is 16.9 Å². The second kappa shape index (κ2) is 8.35. The van der Waals surface area contributed by atoms with Crippen molar-refractivity contribution in [2.45, 2.75) is 32.2 Å². The van der Waals surface area contributed by atoms with Crippen molar-refractivity contribution in [2.24, 2.45) is 5.73 Å². The standard InChI is InChI=1S/C27H24N6O/c28-16-22-23(19-11-12-20-21(15-19)30-14-13-29-20)27(34)33-26(31-22)24(17-7-3-1-4-8-17)25(32-33)18-9-5-2-6-10-18/h2,5-7,9-15,32H,1,3-4,8,16,28H2. The van der Waals surface area contributed by atoms with Crippen LogP contribution in [0, 0.1) is 0 Å². The number of H-pyrrole nitrogens is 1. The second-order valence-electron chi connectivity index (χ2n) is 8.56. The van der Waals surface area contributed by atoms with E-state index in [1.807, 2.05) is 36.4 Å². The van der Waals surface area contributed by atoms with Gasteiger partial charge in [-0.15, -0.1) is 0 Å². The van der Waals surface area contributed by atoms with E-state index >= 15 is 0 Å². The lowest BCUT2D eigenvalue weighted by molar-refractivity contribution is 0.742. The van der Waals surface area contributed by atoms with E-state index in [1.165, 1.54) is 12.0 Å². The summed E-state index contributed by atoms with van der Waals surface area (Å²) >= 11 is 0. The van der Waals surface area contributed by atoms with E-state index in [1.54, 1.807) is 16.9 Å². The monoisotopic (exact) mass is 448 g/mol. The molecule has 0 unspecified atom stereocenters. The maximum atomic E-state index is 13.9. The Morgan fingerprint density at radius 2 is 1.76 bits per heavy atom. The van der Waals surface area contributed by atoms with Crippen LogP contribution in [0.2, 0.25) is 0 Å². The van der Waals surface area contributed by atoms with Gasteiger partial charge >= 0.3 is 0 Å². The Balaban J connectivity index is 1.65. The number of nitrogens with zero attached hydrogens (tertiary/aromatic N) is 4. The minimum absolute atomic E-state index is 0.157. The molecule has 0 atom stereocenters. The first-order valence-electron chi connectivity index (χ1n) is 11.6. The van der Waals surface area contributed by atoms with Gasteiger partial charge in [-0.1, -0.05) is 42.5 Å². The Bertz CT molecular complexity index is 1610. The maximum absolute atomic E-state index is 13.9. The van der Waals surface area contributed by atoms with Gasteiger partial charge in [-0.05, 0) is 49.0 Å². The predicted octanol–water partition coefficient (Wildman–Crippen LogP) is 4.72. The SMILES string of the molecule is NCc1nc2c(C3=CCCCC3)c(-c3ccccc3)[nH]n2c(=O)c1-c1ccc2nccnc2c1. The molecule has 3 N–H and O–H groups in total. The van der Waals surface area contributed by atoms with Crippen LogP contribution in [-0.4, -0.2) is 24.6 Å². The third kappa shape index (κ3) is 3.33. The Morgan fingerprint density at radius 3 is 2.53 bits per heavy atom. The number of hydrogen-bond donors (Lipinski definition) is 2. The minimum Gasteiger partial charge on any atom is -0.325 e. The van der Waals surface area contributed by atoms with Crippen molar-refractivity contribution in [1.29, 1.82) is 0 Å². The lowest BCUT2D eigenvalue weighted by Gasteiger charge is -2.14. The van der Waals surface area contributed by atoms with E-state index < -0.39 is 0 Å². The second-order valence-corrected chi connectivity index (χ2v) is 8.56. The van der Waals surface area contributed by atoms with E-state index in [4.69, 9.17) is 10.7 Å². The van der Waals surface area contributed by atoms with Crippen LogP contribution >= 0.6 is 0 Å². The number of aromatic amines is 1. The summed E-state index contributed by atoms with van der Waals surface area (Å²) in [4.78, 5) is 27.6. The number of hydrogen-bond acceptors (Lipinski definition) is 5. The molecule has 2 aromatic carbocycles. The highest BCUT2D eigenvalue weighted by atomic mass is 16.1. The summed E-state index contributed by atoms with van der Waals surface area (Å²) in [5, 5.41) is 3.38. The third-order valence-electron chi connectivity index (χ3n) is 6.48. The number of fused-ring (bicyclic) bond motifs is 2. The van der Waals surface area contributed by atoms with Crippen molar-refractivity contribution in [2.75, 3.05) is 0 Å². The van der Waals surface area contributed by atoms with Gasteiger partial charge in [0.25, 0.3) is 5.56 Å². The van der Waals surface area contributed by atoms with Gasteiger partial charge in [-0.2, -0.15) is 4.52 Å². The molecule has 0 spiro atoms. The highest BCUT2D eigenvalue weighted by Gasteiger charge is 2.23. The van der Waals surface area contributed by atoms with E-state index in [9.17, 15) is 4.79 Å². The summed E-state index contributed by atoms with van der Waals surface area (Å²) in [5.41, 5.74) is 14.0. The zero-order valence-electron chi connectivity index (χ0n) is 18.7. The minimum atomic E-state index is -0.173. The lowest BCUT2D eigenvalue weighted by Crippen LogP contribution is -2.21. The number of nitrogens with one attached hydrogen (secondary N) is 1. The molecule has 34 heavy (non-hydrogen) atoms. The lowest BCUT2D eigenvalue weighted by atomic mass is 9.92. The van der Waals surface area contributed by atoms with Crippen molar-refractivity contribution < 1.29 is 0 Å². The number of rotatable bonds is 4. The fourth-order valence-electron chi connectivity index (χ4n) is 4.86. The molecule has 5 aromatic rings. The van der Waals surface area contributed by atoms with Crippen LogP contribution in [0.15, 0.2) is 71.8 Å². The molecule has 0 amide bonds. The van der Waals surface area contributed by atoms with E-state index in [2.05, 4.69) is 33.3 Å². The Hall–Kier alpha value is -4.10. The van der Waals surface area contributed by atoms with Gasteiger partial charge in [0.15, 0.2) is 5.65 Å². The molecule has 3 heterocycles. The first-order valence-corrected chi connectivity index (χ1v) is 11.6. The van der Waals surface area contributed by atoms with Crippen molar-refractivity contribution in [3.63, 3.8) is 0 Å². The Labute approximate surface area is 196 Å². The van der Waals surface area contributed by atoms with Gasteiger partial charge < -0.3 is 5.73 Å². The van der Waals surface area contributed by atoms with Crippen LogP contribution in [0.1, 0.15) is 36.9 Å². The van der Waals surface area contributed by atoms with E-state index in [0.717, 1.165) is 52.7 Å². The summed E-state index contributed by atoms with van der Waals surface area (Å²) < 4.78 is 1.57. The summed E-state index contributed by atoms with van der Waals surface area (Å²) in [7, 11) is 0. The zero-order chi connectivity index (χ0) is 23.1. The molecule has 0 saturated carbocycles. The summed E-state index contributed by atoms with van der Waals surface area (Å²) in [6, 6.07) is 15.7. The number of aromatic nitrogens is 5. The van der Waals surface area contributed by atoms with Crippen LogP contribution in [0.5, 0.6) is 0 Å². The van der Waals surface area contributed by atoms with Crippen LogP contribution in [0.25, 0.3) is 44.6 Å². The molecule has 1 aliphatic rings. The van der Waals surface area contributed by atoms with Gasteiger partial charge in [0.1, 0.15) is 0 Å². The molecule has 1 aliphatic carbocycles. The average Bonchev–Trinajstić information content (AvgIpc) is 3.29. The van der Waals surface area contributed by atoms with Crippen LogP contribution in [0.3, 0.4) is 0 Å². The molecule has 7 nitrogen and oxygen atoms in total. The maximum Gasteiger partial charge on any atom is 0.280 e. The molecule has 0 aliphatic heterocycles. The summed E-state index contributed by atoms with van der Waals surface area (Å²) in [6.45, 7) is 0.157. The predicted molar refractivity (Wildman–Crippen MR) is 134 cm³/mol. The van der Waals surface area contributed by atoms with Crippen LogP contribution < -0.4 is 11.3 Å². The number of benzene rings is 2. The molecule has 0 radical (unpaired) electrons. The van der Waals surface area contributed by atoms with Crippen molar-refractivity contribution in [3.05, 3.63) is 88.6 Å². The fraction of sp³-hybridized carbons (Fsp3) is 0.185. The largest absolute Gasteiger partial charge is 0.325 e. The fourth-order valence-corrected chi connectivity index (χ4v) is 4.86. The zero-order valence-corrected chi connectivity index (χ0v) is 18.7. The smallest absolute Gasteiger partial charge is 0.280 e. The molecular formula is C27H24N6O. The molecule has 0 bridgehead atoms. The normalized spacial score (nSPS) is 14.0. The van der Waals surface area contributed by atoms with Gasteiger partial charge in [-0.3, -0.25) is 19.9 Å². The highest BCUT2D eigenvalue weighted by molar-refractivity contribution is 5.88. The molecule has 3 aromatic heterocycles. The first kappa shape index (κ1) is 20.5. The third-order valence-corrected chi connectivity index (χ3v) is 6.48. The van der Waals surface area contributed by atoms with Crippen LogP contribution in [-0.2, 0) is 6.54 Å². The summed E-state index contributed by atoms with van der Waals surface area (Å²) in [6.07, 6.45) is 9.89. The van der Waals surface area contributed by atoms with Crippen molar-refractivity contribution in [3.8, 4) is 22.4 Å². The number of nitrogens with two attached hydrogens (primary N) is 1. The first-order chi connectivity index (χ1) is 16.7. The molecular weight excluding hydrogens is 424 g/mol. The molecule has 7 heteroatoms.